The number of hydrogen-bond acceptors (Lipinski definition) is 14. The van der Waals surface area contributed by atoms with E-state index in [2.05, 4.69) is 20.9 Å². The van der Waals surface area contributed by atoms with Crippen LogP contribution in [0.1, 0.15) is 102 Å². The number of imidazole rings is 1. The van der Waals surface area contributed by atoms with Gasteiger partial charge in [0.25, 0.3) is 17.7 Å². The van der Waals surface area contributed by atoms with E-state index in [0.717, 1.165) is 23.1 Å². The summed E-state index contributed by atoms with van der Waals surface area (Å²) in [5, 5.41) is 19.0. The molecule has 5 heterocycles. The summed E-state index contributed by atoms with van der Waals surface area (Å²) < 4.78 is 59.4. The average Bonchev–Trinajstić information content (AvgIpc) is 4.05. The molecule has 0 aliphatic carbocycles. The van der Waals surface area contributed by atoms with Crippen molar-refractivity contribution in [1.82, 2.24) is 39.9 Å². The highest BCUT2D eigenvalue weighted by Crippen LogP contribution is 2.39. The molecule has 84 heavy (non-hydrogen) atoms. The van der Waals surface area contributed by atoms with Crippen molar-refractivity contribution in [1.29, 1.82) is 0 Å². The Morgan fingerprint density at radius 3 is 2.32 bits per heavy atom. The molecule has 3 aliphatic rings. The van der Waals surface area contributed by atoms with Crippen LogP contribution in [0, 0.1) is 35.3 Å². The fraction of sp³-hybridized carbons (Fsp3) is 0.492. The lowest BCUT2D eigenvalue weighted by Gasteiger charge is -2.40. The van der Waals surface area contributed by atoms with Gasteiger partial charge in [0.05, 0.1) is 36.6 Å². The zero-order valence-electron chi connectivity index (χ0n) is 47.4. The number of alkyl halides is 1. The van der Waals surface area contributed by atoms with Crippen molar-refractivity contribution in [2.45, 2.75) is 116 Å². The van der Waals surface area contributed by atoms with Gasteiger partial charge in [-0.15, -0.1) is 0 Å². The van der Waals surface area contributed by atoms with Crippen molar-refractivity contribution < 1.29 is 66.1 Å². The van der Waals surface area contributed by atoms with Gasteiger partial charge in [0, 0.05) is 93.7 Å². The van der Waals surface area contributed by atoms with Crippen LogP contribution in [0.5, 0.6) is 0 Å². The highest BCUT2D eigenvalue weighted by Gasteiger charge is 2.44. The molecule has 8 amide bonds. The highest BCUT2D eigenvalue weighted by atomic mass is 19.1. The van der Waals surface area contributed by atoms with Crippen molar-refractivity contribution in [3.8, 4) is 11.3 Å². The number of primary amides is 1. The number of ether oxygens (including phenoxy) is 2. The van der Waals surface area contributed by atoms with E-state index in [1.54, 1.807) is 60.9 Å². The minimum absolute atomic E-state index is 0.0392. The van der Waals surface area contributed by atoms with E-state index >= 15 is 8.78 Å². The minimum Gasteiger partial charge on any atom is -0.445 e. The molecule has 0 saturated carbocycles. The number of anilines is 2. The number of unbranched alkanes of at least 4 members (excludes halogenated alkanes) is 2. The standard InChI is InChI=1S/C59H74F3N11O11/c1-35(2)53(69-50(76)12-5-4-6-24-72-51(77)19-20-52(72)78)48(75)27-39(9-8-23-65-58(64)81)56(79)67-42-16-13-37(14-17-42)34-84-59(82)71-29-40(46(62)32-71)30-73(57(80)36(3)74)54(38-21-25-83-26-22-38)55-68-47(44-28-41(60)15-18-45(44)61)33-70(55)31-43-10-7-11-49(63)66-43/h7,10-11,13-20,28,33,35-36,38-40,46,53-54,74H,4-6,8-9,12,21-27,29-32,34H2,1-3H3,(H2,63,66)(H,67,79)(H,69,76)(H3,64,65,81)/t36-,39+,40-,46-,53-,54+/m0/s1. The van der Waals surface area contributed by atoms with Gasteiger partial charge in [-0.05, 0) is 105 Å². The van der Waals surface area contributed by atoms with Crippen molar-refractivity contribution in [2.24, 2.45) is 29.4 Å². The van der Waals surface area contributed by atoms with E-state index < -0.39 is 71.8 Å². The van der Waals surface area contributed by atoms with Crippen molar-refractivity contribution in [3.63, 3.8) is 0 Å². The second kappa shape index (κ2) is 29.9. The van der Waals surface area contributed by atoms with Gasteiger partial charge >= 0.3 is 12.1 Å². The number of halogens is 3. The molecule has 452 valence electrons. The Kier molecular flexibility index (Phi) is 22.5. The van der Waals surface area contributed by atoms with Crippen LogP contribution >= 0.6 is 0 Å². The fourth-order valence-electron chi connectivity index (χ4n) is 10.7. The predicted molar refractivity (Wildman–Crippen MR) is 301 cm³/mol. The highest BCUT2D eigenvalue weighted by molar-refractivity contribution is 6.12. The van der Waals surface area contributed by atoms with E-state index in [0.29, 0.717) is 68.7 Å². The molecule has 4 aromatic rings. The summed E-state index contributed by atoms with van der Waals surface area (Å²) in [6.45, 7) is 4.84. The Morgan fingerprint density at radius 1 is 0.917 bits per heavy atom. The molecule has 7 rings (SSSR count). The third kappa shape index (κ3) is 17.4. The number of benzene rings is 2. The van der Waals surface area contributed by atoms with Gasteiger partial charge in [0.2, 0.25) is 11.8 Å². The number of hydrogen-bond donors (Lipinski definition) is 6. The summed E-state index contributed by atoms with van der Waals surface area (Å²) in [5.74, 6) is -6.23. The van der Waals surface area contributed by atoms with Gasteiger partial charge in [-0.1, -0.05) is 38.5 Å². The third-order valence-electron chi connectivity index (χ3n) is 15.1. The number of nitrogen functional groups attached to an aromatic ring is 1. The Morgan fingerprint density at radius 2 is 1.64 bits per heavy atom. The number of aliphatic hydroxyl groups is 1. The molecule has 0 radical (unpaired) electrons. The van der Waals surface area contributed by atoms with E-state index in [4.69, 9.17) is 25.9 Å². The molecule has 2 aromatic heterocycles. The van der Waals surface area contributed by atoms with E-state index in [-0.39, 0.29) is 123 Å². The first-order valence-electron chi connectivity index (χ1n) is 28.3. The van der Waals surface area contributed by atoms with Gasteiger partial charge in [0.1, 0.15) is 42.2 Å². The van der Waals surface area contributed by atoms with Gasteiger partial charge in [-0.2, -0.15) is 0 Å². The number of ketones is 1. The van der Waals surface area contributed by atoms with E-state index in [1.807, 2.05) is 0 Å². The maximum absolute atomic E-state index is 16.3. The first kappa shape index (κ1) is 63.4. The molecular weight excluding hydrogens is 1100 g/mol. The number of nitrogens with two attached hydrogens (primary N) is 2. The zero-order chi connectivity index (χ0) is 60.6. The van der Waals surface area contributed by atoms with Crippen LogP contribution < -0.4 is 27.4 Å². The molecule has 0 unspecified atom stereocenters. The van der Waals surface area contributed by atoms with E-state index in [1.165, 1.54) is 35.1 Å². The number of nitrogens with one attached hydrogen (secondary N) is 3. The maximum atomic E-state index is 16.3. The smallest absolute Gasteiger partial charge is 0.410 e. The lowest BCUT2D eigenvalue weighted by atomic mass is 9.88. The lowest BCUT2D eigenvalue weighted by Crippen LogP contribution is -2.48. The van der Waals surface area contributed by atoms with Gasteiger partial charge in [-0.3, -0.25) is 33.7 Å². The number of aromatic nitrogens is 3. The molecule has 6 atom stereocenters. The van der Waals surface area contributed by atoms with Crippen LogP contribution in [0.4, 0.5) is 34.3 Å². The maximum Gasteiger partial charge on any atom is 0.410 e. The minimum atomic E-state index is -1.64. The summed E-state index contributed by atoms with van der Waals surface area (Å²) in [6.07, 6.45) is 2.66. The molecule has 2 aromatic carbocycles. The molecule has 3 aliphatic heterocycles. The van der Waals surface area contributed by atoms with Crippen molar-refractivity contribution in [2.75, 3.05) is 57.0 Å². The largest absolute Gasteiger partial charge is 0.445 e. The first-order chi connectivity index (χ1) is 40.1. The molecule has 25 heteroatoms. The number of nitrogens with zero attached hydrogens (tertiary/aromatic N) is 6. The second-order valence-electron chi connectivity index (χ2n) is 21.8. The van der Waals surface area contributed by atoms with Gasteiger partial charge in [-0.25, -0.2) is 32.7 Å². The summed E-state index contributed by atoms with van der Waals surface area (Å²) >= 11 is 0. The number of carbonyl (C=O) groups excluding carboxylic acids is 8. The number of Topliss-reactive ketones (excluding diaryl/α,β-unsaturated/α-hetero) is 1. The summed E-state index contributed by atoms with van der Waals surface area (Å²) in [5.41, 5.74) is 12.5. The first-order valence-corrected chi connectivity index (χ1v) is 28.3. The Hall–Kier alpha value is -8.19. The molecule has 2 saturated heterocycles. The van der Waals surface area contributed by atoms with Crippen molar-refractivity contribution in [3.05, 3.63) is 108 Å². The molecule has 0 bridgehead atoms. The van der Waals surface area contributed by atoms with Crippen LogP contribution in [0.3, 0.4) is 0 Å². The number of amides is 8. The molecule has 8 N–H and O–H groups in total. The van der Waals surface area contributed by atoms with Crippen LogP contribution in [0.15, 0.2) is 79.0 Å². The quantitative estimate of drug-likeness (QED) is 0.0293. The number of rotatable bonds is 28. The number of imide groups is 1. The average molecular weight is 1170 g/mol. The molecular formula is C59H74F3N11O11. The van der Waals surface area contributed by atoms with Gasteiger partial charge < -0.3 is 56.4 Å². The fourth-order valence-corrected chi connectivity index (χ4v) is 10.7. The Balaban J connectivity index is 0.983. The Labute approximate surface area is 484 Å². The Bertz CT molecular complexity index is 3010. The third-order valence-corrected chi connectivity index (χ3v) is 15.1. The zero-order valence-corrected chi connectivity index (χ0v) is 47.4. The molecule has 22 nitrogen and oxygen atoms in total. The number of pyridine rings is 1. The normalized spacial score (nSPS) is 17.7. The summed E-state index contributed by atoms with van der Waals surface area (Å²) in [4.78, 5) is 117. The van der Waals surface area contributed by atoms with Crippen molar-refractivity contribution >= 4 is 58.9 Å². The number of likely N-dealkylation sites (tertiary alicyclic amines) is 1. The number of aliphatic hydroxyl groups excluding tert-OH is 1. The van der Waals surface area contributed by atoms with Crippen LogP contribution in [-0.4, -0.2) is 146 Å². The topological polar surface area (TPSA) is 304 Å². The molecule has 2 fully saturated rings. The SMILES string of the molecule is CC(C)[C@H](NC(=O)CCCCCN1C(=O)C=CC1=O)C(=O)C[C@@H](CCCNC(N)=O)C(=O)Nc1ccc(COC(=O)N2C[C@@H](CN(C(=O)[C@H](C)O)[C@@H](c3nc(-c4cc(F)ccc4F)cn3Cc3cccc(N)n3)C3CCOCC3)[C@@H](F)C2)cc1. The number of carbonyl (C=O) groups is 8. The lowest BCUT2D eigenvalue weighted by molar-refractivity contribution is -0.145. The predicted octanol–water partition coefficient (Wildman–Crippen LogP) is 5.73. The van der Waals surface area contributed by atoms with Gasteiger partial charge in [0.15, 0.2) is 5.78 Å². The molecule has 0 spiro atoms. The van der Waals surface area contributed by atoms with Crippen LogP contribution in [0.2, 0.25) is 0 Å². The number of urea groups is 1. The second-order valence-corrected chi connectivity index (χ2v) is 21.8. The monoisotopic (exact) mass is 1170 g/mol. The van der Waals surface area contributed by atoms with Crippen LogP contribution in [-0.2, 0) is 51.4 Å². The van der Waals surface area contributed by atoms with Crippen LogP contribution in [0.25, 0.3) is 11.3 Å². The summed E-state index contributed by atoms with van der Waals surface area (Å²) in [6, 6.07) is 11.8. The van der Waals surface area contributed by atoms with E-state index in [9.17, 15) is 47.9 Å². The summed E-state index contributed by atoms with van der Waals surface area (Å²) in [7, 11) is 0.